The van der Waals surface area contributed by atoms with E-state index in [2.05, 4.69) is 0 Å². The van der Waals surface area contributed by atoms with Crippen LogP contribution in [-0.2, 0) is 9.84 Å². The van der Waals surface area contributed by atoms with Crippen LogP contribution in [0.1, 0.15) is 0 Å². The molecule has 0 aliphatic carbocycles. The van der Waals surface area contributed by atoms with Gasteiger partial charge in [0.2, 0.25) is 0 Å². The zero-order valence-corrected chi connectivity index (χ0v) is 11.6. The van der Waals surface area contributed by atoms with E-state index in [0.717, 1.165) is 17.4 Å². The van der Waals surface area contributed by atoms with E-state index in [1.54, 1.807) is 48.5 Å². The highest BCUT2D eigenvalue weighted by molar-refractivity contribution is 7.90. The van der Waals surface area contributed by atoms with Crippen LogP contribution < -0.4 is 10.5 Å². The molecule has 2 aromatic carbocycles. The van der Waals surface area contributed by atoms with Crippen molar-refractivity contribution in [2.45, 2.75) is 4.90 Å². The summed E-state index contributed by atoms with van der Waals surface area (Å²) in [6.45, 7) is 0. The van der Waals surface area contributed by atoms with Gasteiger partial charge in [0, 0.05) is 6.26 Å². The third-order valence-corrected chi connectivity index (χ3v) is 3.82. The normalized spacial score (nSPS) is 11.1. The average molecular weight is 291 g/mol. The molecule has 20 heavy (non-hydrogen) atoms. The lowest BCUT2D eigenvalue weighted by Crippen LogP contribution is -2.16. The molecule has 0 spiro atoms. The van der Waals surface area contributed by atoms with Gasteiger partial charge in [-0.3, -0.25) is 0 Å². The standard InChI is InChI=1S/C14H13NO4S/c1-20(17,18)13-8-4-11(5-9-13)10-2-6-12(7-3-10)19-14(15)16/h2-9H,1H3,(H2,15,16). The Balaban J connectivity index is 2.26. The lowest BCUT2D eigenvalue weighted by Gasteiger charge is -2.05. The highest BCUT2D eigenvalue weighted by atomic mass is 32.2. The van der Waals surface area contributed by atoms with Gasteiger partial charge < -0.3 is 10.5 Å². The zero-order chi connectivity index (χ0) is 14.8. The SMILES string of the molecule is CS(=O)(=O)c1ccc(-c2ccc(OC(N)=O)cc2)cc1. The van der Waals surface area contributed by atoms with Gasteiger partial charge in [-0.05, 0) is 35.4 Å². The number of carbonyl (C=O) groups excluding carboxylic acids is 1. The van der Waals surface area contributed by atoms with Crippen molar-refractivity contribution in [1.82, 2.24) is 0 Å². The number of primary amides is 1. The van der Waals surface area contributed by atoms with Gasteiger partial charge in [0.15, 0.2) is 9.84 Å². The molecule has 0 heterocycles. The van der Waals surface area contributed by atoms with Gasteiger partial charge in [0.05, 0.1) is 4.90 Å². The van der Waals surface area contributed by atoms with Crippen LogP contribution in [0.4, 0.5) is 4.79 Å². The Labute approximate surface area is 116 Å². The summed E-state index contributed by atoms with van der Waals surface area (Å²) in [5.41, 5.74) is 6.65. The topological polar surface area (TPSA) is 86.5 Å². The van der Waals surface area contributed by atoms with Gasteiger partial charge in [0.25, 0.3) is 0 Å². The maximum absolute atomic E-state index is 11.4. The molecule has 2 N–H and O–H groups in total. The van der Waals surface area contributed by atoms with E-state index in [1.807, 2.05) is 0 Å². The van der Waals surface area contributed by atoms with Gasteiger partial charge in [0.1, 0.15) is 5.75 Å². The first kappa shape index (κ1) is 14.1. The summed E-state index contributed by atoms with van der Waals surface area (Å²) >= 11 is 0. The van der Waals surface area contributed by atoms with Crippen molar-refractivity contribution in [2.75, 3.05) is 6.26 Å². The van der Waals surface area contributed by atoms with Crippen molar-refractivity contribution in [3.8, 4) is 16.9 Å². The molecule has 0 unspecified atom stereocenters. The summed E-state index contributed by atoms with van der Waals surface area (Å²) in [6, 6.07) is 13.3. The first-order chi connectivity index (χ1) is 9.36. The summed E-state index contributed by atoms with van der Waals surface area (Å²) in [5, 5.41) is 0. The third kappa shape index (κ3) is 3.36. The maximum Gasteiger partial charge on any atom is 0.409 e. The molecule has 104 valence electrons. The second-order valence-corrected chi connectivity index (χ2v) is 6.26. The first-order valence-electron chi connectivity index (χ1n) is 5.74. The van der Waals surface area contributed by atoms with Crippen molar-refractivity contribution >= 4 is 15.9 Å². The fourth-order valence-corrected chi connectivity index (χ4v) is 2.36. The number of hydrogen-bond acceptors (Lipinski definition) is 4. The monoisotopic (exact) mass is 291 g/mol. The summed E-state index contributed by atoms with van der Waals surface area (Å²) in [5.74, 6) is 0.356. The quantitative estimate of drug-likeness (QED) is 0.939. The van der Waals surface area contributed by atoms with Gasteiger partial charge in [-0.2, -0.15) is 0 Å². The largest absolute Gasteiger partial charge is 0.411 e. The molecule has 6 heteroatoms. The molecule has 0 aliphatic heterocycles. The fraction of sp³-hybridized carbons (Fsp3) is 0.0714. The summed E-state index contributed by atoms with van der Waals surface area (Å²) in [4.78, 5) is 10.9. The summed E-state index contributed by atoms with van der Waals surface area (Å²) < 4.78 is 27.5. The van der Waals surface area contributed by atoms with Crippen LogP contribution in [0.15, 0.2) is 53.4 Å². The summed E-state index contributed by atoms with van der Waals surface area (Å²) in [6.07, 6.45) is 0.299. The number of ether oxygens (including phenoxy) is 1. The highest BCUT2D eigenvalue weighted by Crippen LogP contribution is 2.23. The molecule has 5 nitrogen and oxygen atoms in total. The lowest BCUT2D eigenvalue weighted by molar-refractivity contribution is 0.211. The second kappa shape index (κ2) is 5.34. The molecule has 0 saturated carbocycles. The molecular weight excluding hydrogens is 278 g/mol. The predicted molar refractivity (Wildman–Crippen MR) is 75.2 cm³/mol. The number of carbonyl (C=O) groups is 1. The number of nitrogens with two attached hydrogens (primary N) is 1. The van der Waals surface area contributed by atoms with Gasteiger partial charge in [-0.25, -0.2) is 13.2 Å². The second-order valence-electron chi connectivity index (χ2n) is 4.24. The summed E-state index contributed by atoms with van der Waals surface area (Å²) in [7, 11) is -3.19. The van der Waals surface area contributed by atoms with Crippen LogP contribution in [0.25, 0.3) is 11.1 Å². The minimum absolute atomic E-state index is 0.273. The van der Waals surface area contributed by atoms with Gasteiger partial charge >= 0.3 is 6.09 Å². The Kier molecular flexibility index (Phi) is 3.76. The van der Waals surface area contributed by atoms with Crippen molar-refractivity contribution in [2.24, 2.45) is 5.73 Å². The molecule has 0 fully saturated rings. The number of hydrogen-bond donors (Lipinski definition) is 1. The number of rotatable bonds is 3. The van der Waals surface area contributed by atoms with Crippen LogP contribution in [-0.4, -0.2) is 20.8 Å². The van der Waals surface area contributed by atoms with E-state index in [0.29, 0.717) is 5.75 Å². The highest BCUT2D eigenvalue weighted by Gasteiger charge is 2.07. The van der Waals surface area contributed by atoms with E-state index < -0.39 is 15.9 Å². The molecule has 2 aromatic rings. The van der Waals surface area contributed by atoms with Crippen LogP contribution >= 0.6 is 0 Å². The molecule has 0 atom stereocenters. The zero-order valence-electron chi connectivity index (χ0n) is 10.7. The van der Waals surface area contributed by atoms with Crippen molar-refractivity contribution < 1.29 is 17.9 Å². The van der Waals surface area contributed by atoms with E-state index >= 15 is 0 Å². The van der Waals surface area contributed by atoms with E-state index in [-0.39, 0.29) is 4.90 Å². The molecule has 0 aliphatic rings. The Bertz CT molecular complexity index is 719. The van der Waals surface area contributed by atoms with Crippen molar-refractivity contribution in [3.63, 3.8) is 0 Å². The number of amides is 1. The molecule has 2 rings (SSSR count). The Morgan fingerprint density at radius 1 is 0.950 bits per heavy atom. The Morgan fingerprint density at radius 2 is 1.40 bits per heavy atom. The van der Waals surface area contributed by atoms with Crippen LogP contribution in [0, 0.1) is 0 Å². The molecular formula is C14H13NO4S. The van der Waals surface area contributed by atoms with E-state index in [9.17, 15) is 13.2 Å². The first-order valence-corrected chi connectivity index (χ1v) is 7.63. The molecule has 0 bridgehead atoms. The van der Waals surface area contributed by atoms with E-state index in [4.69, 9.17) is 10.5 Å². The smallest absolute Gasteiger partial charge is 0.409 e. The minimum atomic E-state index is -3.19. The molecule has 1 amide bonds. The number of benzene rings is 2. The van der Waals surface area contributed by atoms with Crippen molar-refractivity contribution in [1.29, 1.82) is 0 Å². The lowest BCUT2D eigenvalue weighted by atomic mass is 10.1. The van der Waals surface area contributed by atoms with Crippen molar-refractivity contribution in [3.05, 3.63) is 48.5 Å². The molecule has 0 saturated heterocycles. The maximum atomic E-state index is 11.4. The molecule has 0 radical (unpaired) electrons. The Hall–Kier alpha value is -2.34. The van der Waals surface area contributed by atoms with Crippen LogP contribution in [0.3, 0.4) is 0 Å². The predicted octanol–water partition coefficient (Wildman–Crippen LogP) is 2.21. The molecule has 0 aromatic heterocycles. The van der Waals surface area contributed by atoms with Gasteiger partial charge in [-0.1, -0.05) is 24.3 Å². The van der Waals surface area contributed by atoms with Gasteiger partial charge in [-0.15, -0.1) is 0 Å². The van der Waals surface area contributed by atoms with Crippen LogP contribution in [0.5, 0.6) is 5.75 Å². The third-order valence-electron chi connectivity index (χ3n) is 2.69. The Morgan fingerprint density at radius 3 is 1.80 bits per heavy atom. The number of sulfone groups is 1. The average Bonchev–Trinajstić information content (AvgIpc) is 2.38. The minimum Gasteiger partial charge on any atom is -0.411 e. The van der Waals surface area contributed by atoms with E-state index in [1.165, 1.54) is 0 Å². The van der Waals surface area contributed by atoms with Crippen LogP contribution in [0.2, 0.25) is 0 Å². The fourth-order valence-electron chi connectivity index (χ4n) is 1.73.